The monoisotopic (exact) mass is 221 g/mol. The van der Waals surface area contributed by atoms with Gasteiger partial charge in [0.1, 0.15) is 5.76 Å². The van der Waals surface area contributed by atoms with Crippen molar-refractivity contribution in [1.82, 2.24) is 5.32 Å². The zero-order valence-corrected chi connectivity index (χ0v) is 10.2. The molecular weight excluding hydrogens is 198 g/mol. The molecule has 0 radical (unpaired) electrons. The molecule has 2 heteroatoms. The van der Waals surface area contributed by atoms with Crippen molar-refractivity contribution in [3.8, 4) is 0 Å². The number of hydrogen-bond acceptors (Lipinski definition) is 2. The van der Waals surface area contributed by atoms with Crippen LogP contribution in [0.25, 0.3) is 0 Å². The molecule has 1 fully saturated rings. The molecule has 0 amide bonds. The van der Waals surface area contributed by atoms with Crippen molar-refractivity contribution >= 4 is 0 Å². The summed E-state index contributed by atoms with van der Waals surface area (Å²) in [6.45, 7) is 4.38. The number of hydrogen-bond donors (Lipinski definition) is 1. The summed E-state index contributed by atoms with van der Waals surface area (Å²) in [5.41, 5.74) is 0. The summed E-state index contributed by atoms with van der Waals surface area (Å²) in [4.78, 5) is 0. The van der Waals surface area contributed by atoms with Crippen LogP contribution in [0.4, 0.5) is 0 Å². The van der Waals surface area contributed by atoms with Crippen molar-refractivity contribution in [2.24, 2.45) is 11.8 Å². The predicted molar refractivity (Wildman–Crippen MR) is 66.2 cm³/mol. The fourth-order valence-corrected chi connectivity index (χ4v) is 2.75. The molecule has 16 heavy (non-hydrogen) atoms. The second kappa shape index (κ2) is 6.09. The lowest BCUT2D eigenvalue weighted by atomic mass is 9.81. The van der Waals surface area contributed by atoms with Gasteiger partial charge in [0.25, 0.3) is 0 Å². The maximum atomic E-state index is 5.28. The average Bonchev–Trinajstić information content (AvgIpc) is 2.77. The summed E-state index contributed by atoms with van der Waals surface area (Å²) in [6, 6.07) is 3.97. The summed E-state index contributed by atoms with van der Waals surface area (Å²) >= 11 is 0. The Morgan fingerprint density at radius 1 is 1.44 bits per heavy atom. The fourth-order valence-electron chi connectivity index (χ4n) is 2.75. The topological polar surface area (TPSA) is 25.2 Å². The molecule has 0 aromatic carbocycles. The van der Waals surface area contributed by atoms with Crippen LogP contribution >= 0.6 is 0 Å². The molecule has 1 aromatic rings. The van der Waals surface area contributed by atoms with Gasteiger partial charge in [0.05, 0.1) is 12.8 Å². The van der Waals surface area contributed by atoms with E-state index in [2.05, 4.69) is 12.2 Å². The normalized spacial score (nSPS) is 25.8. The second-order valence-electron chi connectivity index (χ2n) is 5.18. The third kappa shape index (κ3) is 3.67. The molecule has 0 saturated heterocycles. The maximum Gasteiger partial charge on any atom is 0.117 e. The third-order valence-electron chi connectivity index (χ3n) is 3.65. The van der Waals surface area contributed by atoms with Gasteiger partial charge in [-0.3, -0.25) is 0 Å². The van der Waals surface area contributed by atoms with Gasteiger partial charge in [-0.25, -0.2) is 0 Å². The van der Waals surface area contributed by atoms with Gasteiger partial charge in [0.2, 0.25) is 0 Å². The van der Waals surface area contributed by atoms with Gasteiger partial charge in [-0.15, -0.1) is 0 Å². The molecular formula is C14H23NO. The zero-order chi connectivity index (χ0) is 11.2. The Hall–Kier alpha value is -0.760. The lowest BCUT2D eigenvalue weighted by molar-refractivity contribution is 0.267. The van der Waals surface area contributed by atoms with Crippen LogP contribution in [0.1, 0.15) is 44.8 Å². The van der Waals surface area contributed by atoms with Crippen LogP contribution in [0, 0.1) is 11.8 Å². The highest BCUT2D eigenvalue weighted by Crippen LogP contribution is 2.30. The average molecular weight is 221 g/mol. The molecule has 90 valence electrons. The van der Waals surface area contributed by atoms with Crippen molar-refractivity contribution < 1.29 is 4.42 Å². The van der Waals surface area contributed by atoms with Gasteiger partial charge in [0.15, 0.2) is 0 Å². The van der Waals surface area contributed by atoms with E-state index >= 15 is 0 Å². The molecule has 0 aliphatic heterocycles. The first-order valence-electron chi connectivity index (χ1n) is 6.57. The molecule has 0 spiro atoms. The summed E-state index contributed by atoms with van der Waals surface area (Å²) in [7, 11) is 0. The maximum absolute atomic E-state index is 5.28. The van der Waals surface area contributed by atoms with Gasteiger partial charge in [0, 0.05) is 0 Å². The van der Waals surface area contributed by atoms with E-state index in [0.29, 0.717) is 0 Å². The molecule has 2 atom stereocenters. The van der Waals surface area contributed by atoms with Gasteiger partial charge in [-0.1, -0.05) is 26.2 Å². The SMILES string of the molecule is CC1CCCC(CCNCc2ccco2)C1. The Kier molecular flexibility index (Phi) is 4.46. The Labute approximate surface area is 98.4 Å². The van der Waals surface area contributed by atoms with Crippen molar-refractivity contribution in [2.75, 3.05) is 6.54 Å². The number of nitrogens with one attached hydrogen (secondary N) is 1. The predicted octanol–water partition coefficient (Wildman–Crippen LogP) is 3.59. The van der Waals surface area contributed by atoms with E-state index in [4.69, 9.17) is 4.42 Å². The Morgan fingerprint density at radius 2 is 2.38 bits per heavy atom. The minimum Gasteiger partial charge on any atom is -0.468 e. The molecule has 1 aliphatic rings. The standard InChI is InChI=1S/C14H23NO/c1-12-4-2-5-13(10-12)7-8-15-11-14-6-3-9-16-14/h3,6,9,12-13,15H,2,4-5,7-8,10-11H2,1H3. The van der Waals surface area contributed by atoms with Gasteiger partial charge in [-0.05, 0) is 43.4 Å². The van der Waals surface area contributed by atoms with Gasteiger partial charge in [-0.2, -0.15) is 0 Å². The molecule has 1 saturated carbocycles. The fraction of sp³-hybridized carbons (Fsp3) is 0.714. The highest BCUT2D eigenvalue weighted by Gasteiger charge is 2.17. The van der Waals surface area contributed by atoms with Crippen LogP contribution in [0.5, 0.6) is 0 Å². The summed E-state index contributed by atoms with van der Waals surface area (Å²) in [5.74, 6) is 2.94. The minimum atomic E-state index is 0.870. The first-order valence-corrected chi connectivity index (χ1v) is 6.57. The summed E-state index contributed by atoms with van der Waals surface area (Å²) < 4.78 is 5.28. The molecule has 0 bridgehead atoms. The lowest BCUT2D eigenvalue weighted by Crippen LogP contribution is -2.20. The van der Waals surface area contributed by atoms with E-state index < -0.39 is 0 Å². The summed E-state index contributed by atoms with van der Waals surface area (Å²) in [5, 5.41) is 3.46. The van der Waals surface area contributed by atoms with Crippen molar-refractivity contribution in [1.29, 1.82) is 0 Å². The van der Waals surface area contributed by atoms with Crippen LogP contribution in [0.2, 0.25) is 0 Å². The van der Waals surface area contributed by atoms with E-state index in [9.17, 15) is 0 Å². The number of furan rings is 1. The van der Waals surface area contributed by atoms with Crippen molar-refractivity contribution in [2.45, 2.75) is 45.6 Å². The quantitative estimate of drug-likeness (QED) is 0.769. The Morgan fingerprint density at radius 3 is 3.12 bits per heavy atom. The van der Waals surface area contributed by atoms with Crippen LogP contribution in [-0.2, 0) is 6.54 Å². The Bertz CT molecular complexity index is 281. The molecule has 1 heterocycles. The molecule has 1 N–H and O–H groups in total. The third-order valence-corrected chi connectivity index (χ3v) is 3.65. The first kappa shape index (κ1) is 11.7. The highest BCUT2D eigenvalue weighted by atomic mass is 16.3. The van der Waals surface area contributed by atoms with Crippen LogP contribution in [0.3, 0.4) is 0 Å². The minimum absolute atomic E-state index is 0.870. The Balaban J connectivity index is 1.57. The van der Waals surface area contributed by atoms with E-state index in [1.807, 2.05) is 12.1 Å². The second-order valence-corrected chi connectivity index (χ2v) is 5.18. The molecule has 1 aliphatic carbocycles. The first-order chi connectivity index (χ1) is 7.84. The van der Waals surface area contributed by atoms with E-state index in [-0.39, 0.29) is 0 Å². The van der Waals surface area contributed by atoms with Crippen molar-refractivity contribution in [3.63, 3.8) is 0 Å². The molecule has 2 nitrogen and oxygen atoms in total. The smallest absolute Gasteiger partial charge is 0.117 e. The zero-order valence-electron chi connectivity index (χ0n) is 10.2. The molecule has 2 unspecified atom stereocenters. The lowest BCUT2D eigenvalue weighted by Gasteiger charge is -2.26. The van der Waals surface area contributed by atoms with E-state index in [0.717, 1.165) is 30.7 Å². The molecule has 1 aromatic heterocycles. The van der Waals surface area contributed by atoms with Gasteiger partial charge < -0.3 is 9.73 Å². The molecule has 2 rings (SSSR count). The van der Waals surface area contributed by atoms with E-state index in [1.165, 1.54) is 32.1 Å². The summed E-state index contributed by atoms with van der Waals surface area (Å²) in [6.07, 6.45) is 8.81. The number of rotatable bonds is 5. The van der Waals surface area contributed by atoms with Crippen LogP contribution in [0.15, 0.2) is 22.8 Å². The van der Waals surface area contributed by atoms with E-state index in [1.54, 1.807) is 6.26 Å². The highest BCUT2D eigenvalue weighted by molar-refractivity contribution is 4.97. The van der Waals surface area contributed by atoms with Gasteiger partial charge >= 0.3 is 0 Å². The largest absolute Gasteiger partial charge is 0.468 e. The van der Waals surface area contributed by atoms with Crippen molar-refractivity contribution in [3.05, 3.63) is 24.2 Å². The van der Waals surface area contributed by atoms with Crippen LogP contribution < -0.4 is 5.32 Å². The van der Waals surface area contributed by atoms with Crippen LogP contribution in [-0.4, -0.2) is 6.54 Å².